The number of amides is 1. The minimum Gasteiger partial charge on any atom is -0.398 e. The van der Waals surface area contributed by atoms with Crippen LogP contribution >= 0.6 is 0 Å². The first-order valence-corrected chi connectivity index (χ1v) is 7.27. The highest BCUT2D eigenvalue weighted by Gasteiger charge is 2.24. The molecule has 4 nitrogen and oxygen atoms in total. The number of aryl methyl sites for hydroxylation is 1. The maximum Gasteiger partial charge on any atom is 0.255 e. The van der Waals surface area contributed by atoms with Crippen molar-refractivity contribution in [3.8, 4) is 0 Å². The van der Waals surface area contributed by atoms with Gasteiger partial charge in [0.05, 0.1) is 5.56 Å². The molecule has 1 aromatic rings. The standard InChI is InChI=1S/C16H25N3O/c1-12-4-5-15(17)14(10-12)16(20)19-8-6-13(7-9-19)11-18(2)3/h4-5,10,13H,6-9,11,17H2,1-3H3. The number of nitrogens with two attached hydrogens (primary N) is 1. The third-order valence-corrected chi connectivity index (χ3v) is 3.96. The van der Waals surface area contributed by atoms with Crippen LogP contribution in [0, 0.1) is 12.8 Å². The summed E-state index contributed by atoms with van der Waals surface area (Å²) in [6.45, 7) is 4.77. The maximum absolute atomic E-state index is 12.5. The van der Waals surface area contributed by atoms with Crippen molar-refractivity contribution >= 4 is 11.6 Å². The summed E-state index contributed by atoms with van der Waals surface area (Å²) >= 11 is 0. The van der Waals surface area contributed by atoms with Gasteiger partial charge in [-0.3, -0.25) is 4.79 Å². The van der Waals surface area contributed by atoms with Crippen LogP contribution < -0.4 is 5.73 Å². The summed E-state index contributed by atoms with van der Waals surface area (Å²) in [6.07, 6.45) is 2.16. The second kappa shape index (κ2) is 6.27. The lowest BCUT2D eigenvalue weighted by molar-refractivity contribution is 0.0679. The largest absolute Gasteiger partial charge is 0.398 e. The number of carbonyl (C=O) groups is 1. The summed E-state index contributed by atoms with van der Waals surface area (Å²) in [5, 5.41) is 0. The van der Waals surface area contributed by atoms with Crippen molar-refractivity contribution in [2.24, 2.45) is 5.92 Å². The van der Waals surface area contributed by atoms with Gasteiger partial charge in [-0.05, 0) is 51.9 Å². The Morgan fingerprint density at radius 3 is 2.60 bits per heavy atom. The predicted molar refractivity (Wildman–Crippen MR) is 82.8 cm³/mol. The first-order chi connectivity index (χ1) is 9.47. The van der Waals surface area contributed by atoms with Crippen molar-refractivity contribution in [3.05, 3.63) is 29.3 Å². The second-order valence-corrected chi connectivity index (χ2v) is 6.09. The van der Waals surface area contributed by atoms with Gasteiger partial charge in [0.15, 0.2) is 0 Å². The van der Waals surface area contributed by atoms with Gasteiger partial charge in [-0.25, -0.2) is 0 Å². The van der Waals surface area contributed by atoms with Crippen LogP contribution in [0.15, 0.2) is 18.2 Å². The SMILES string of the molecule is Cc1ccc(N)c(C(=O)N2CCC(CN(C)C)CC2)c1. The summed E-state index contributed by atoms with van der Waals surface area (Å²) in [5.41, 5.74) is 8.24. The monoisotopic (exact) mass is 275 g/mol. The number of carbonyl (C=O) groups excluding carboxylic acids is 1. The molecule has 2 rings (SSSR count). The van der Waals surface area contributed by atoms with Crippen molar-refractivity contribution in [1.29, 1.82) is 0 Å². The number of rotatable bonds is 3. The molecule has 1 aliphatic heterocycles. The molecule has 0 unspecified atom stereocenters. The molecule has 0 spiro atoms. The zero-order valence-electron chi connectivity index (χ0n) is 12.7. The Hall–Kier alpha value is -1.55. The van der Waals surface area contributed by atoms with E-state index in [1.165, 1.54) is 0 Å². The van der Waals surface area contributed by atoms with Gasteiger partial charge in [-0.1, -0.05) is 11.6 Å². The summed E-state index contributed by atoms with van der Waals surface area (Å²) in [4.78, 5) is 16.7. The Labute approximate surface area is 121 Å². The van der Waals surface area contributed by atoms with E-state index < -0.39 is 0 Å². The lowest BCUT2D eigenvalue weighted by Gasteiger charge is -2.33. The van der Waals surface area contributed by atoms with Gasteiger partial charge >= 0.3 is 0 Å². The van der Waals surface area contributed by atoms with Gasteiger partial charge in [0.1, 0.15) is 0 Å². The van der Waals surface area contributed by atoms with Crippen molar-refractivity contribution in [1.82, 2.24) is 9.80 Å². The lowest BCUT2D eigenvalue weighted by Crippen LogP contribution is -2.40. The number of piperidine rings is 1. The Bertz CT molecular complexity index is 477. The lowest BCUT2D eigenvalue weighted by atomic mass is 9.95. The molecule has 0 saturated carbocycles. The average molecular weight is 275 g/mol. The molecule has 1 fully saturated rings. The van der Waals surface area contributed by atoms with E-state index in [1.807, 2.05) is 30.0 Å². The number of anilines is 1. The van der Waals surface area contributed by atoms with Gasteiger partial charge in [0.2, 0.25) is 0 Å². The molecular formula is C16H25N3O. The quantitative estimate of drug-likeness (QED) is 0.858. The van der Waals surface area contributed by atoms with E-state index >= 15 is 0 Å². The highest BCUT2D eigenvalue weighted by Crippen LogP contribution is 2.22. The molecule has 1 aromatic carbocycles. The molecule has 0 atom stereocenters. The molecule has 1 aliphatic rings. The molecule has 1 amide bonds. The van der Waals surface area contributed by atoms with Crippen LogP contribution in [0.1, 0.15) is 28.8 Å². The average Bonchev–Trinajstić information content (AvgIpc) is 2.41. The maximum atomic E-state index is 12.5. The first kappa shape index (κ1) is 14.9. The van der Waals surface area contributed by atoms with E-state index in [9.17, 15) is 4.79 Å². The molecule has 0 aromatic heterocycles. The molecule has 20 heavy (non-hydrogen) atoms. The minimum absolute atomic E-state index is 0.0782. The van der Waals surface area contributed by atoms with Crippen LogP contribution in [-0.2, 0) is 0 Å². The Morgan fingerprint density at radius 1 is 1.35 bits per heavy atom. The van der Waals surface area contributed by atoms with Crippen LogP contribution in [0.3, 0.4) is 0 Å². The molecule has 0 bridgehead atoms. The molecule has 0 radical (unpaired) electrons. The molecule has 2 N–H and O–H groups in total. The van der Waals surface area contributed by atoms with Gasteiger partial charge < -0.3 is 15.5 Å². The summed E-state index contributed by atoms with van der Waals surface area (Å²) < 4.78 is 0. The summed E-state index contributed by atoms with van der Waals surface area (Å²) in [5.74, 6) is 0.776. The van der Waals surface area contributed by atoms with Crippen LogP contribution in [0.4, 0.5) is 5.69 Å². The number of hydrogen-bond donors (Lipinski definition) is 1. The van der Waals surface area contributed by atoms with Crippen LogP contribution in [0.5, 0.6) is 0 Å². The van der Waals surface area contributed by atoms with Gasteiger partial charge in [-0.15, -0.1) is 0 Å². The van der Waals surface area contributed by atoms with E-state index in [0.29, 0.717) is 17.2 Å². The van der Waals surface area contributed by atoms with E-state index in [4.69, 9.17) is 5.73 Å². The van der Waals surface area contributed by atoms with Crippen LogP contribution in [-0.4, -0.2) is 49.4 Å². The fourth-order valence-electron chi connectivity index (χ4n) is 2.86. The summed E-state index contributed by atoms with van der Waals surface area (Å²) in [7, 11) is 4.20. The predicted octanol–water partition coefficient (Wildman–Crippen LogP) is 1.99. The Balaban J connectivity index is 2.00. The fourth-order valence-corrected chi connectivity index (χ4v) is 2.86. The molecular weight excluding hydrogens is 250 g/mol. The highest BCUT2D eigenvalue weighted by atomic mass is 16.2. The van der Waals surface area contributed by atoms with Gasteiger partial charge in [0.25, 0.3) is 5.91 Å². The van der Waals surface area contributed by atoms with Gasteiger partial charge in [-0.2, -0.15) is 0 Å². The van der Waals surface area contributed by atoms with Crippen LogP contribution in [0.2, 0.25) is 0 Å². The molecule has 110 valence electrons. The van der Waals surface area contributed by atoms with Crippen LogP contribution in [0.25, 0.3) is 0 Å². The summed E-state index contributed by atoms with van der Waals surface area (Å²) in [6, 6.07) is 5.65. The van der Waals surface area contributed by atoms with E-state index in [2.05, 4.69) is 19.0 Å². The number of hydrogen-bond acceptors (Lipinski definition) is 3. The Kier molecular flexibility index (Phi) is 4.65. The first-order valence-electron chi connectivity index (χ1n) is 7.27. The van der Waals surface area contributed by atoms with Crippen molar-refractivity contribution < 1.29 is 4.79 Å². The number of nitrogen functional groups attached to an aromatic ring is 1. The number of nitrogens with zero attached hydrogens (tertiary/aromatic N) is 2. The van der Waals surface area contributed by atoms with E-state index in [0.717, 1.165) is 38.0 Å². The highest BCUT2D eigenvalue weighted by molar-refractivity contribution is 5.99. The normalized spacial score (nSPS) is 16.7. The van der Waals surface area contributed by atoms with Crippen molar-refractivity contribution in [3.63, 3.8) is 0 Å². The zero-order valence-corrected chi connectivity index (χ0v) is 12.7. The second-order valence-electron chi connectivity index (χ2n) is 6.09. The smallest absolute Gasteiger partial charge is 0.255 e. The third kappa shape index (κ3) is 3.51. The zero-order chi connectivity index (χ0) is 14.7. The van der Waals surface area contributed by atoms with Crippen molar-refractivity contribution in [2.75, 3.05) is 39.5 Å². The molecule has 1 saturated heterocycles. The third-order valence-electron chi connectivity index (χ3n) is 3.96. The molecule has 1 heterocycles. The molecule has 4 heteroatoms. The number of benzene rings is 1. The minimum atomic E-state index is 0.0782. The van der Waals surface area contributed by atoms with Gasteiger partial charge in [0, 0.05) is 25.3 Å². The number of likely N-dealkylation sites (tertiary alicyclic amines) is 1. The van der Waals surface area contributed by atoms with Crippen molar-refractivity contribution in [2.45, 2.75) is 19.8 Å². The van der Waals surface area contributed by atoms with E-state index in [1.54, 1.807) is 0 Å². The molecule has 0 aliphatic carbocycles. The topological polar surface area (TPSA) is 49.6 Å². The fraction of sp³-hybridized carbons (Fsp3) is 0.562. The van der Waals surface area contributed by atoms with E-state index in [-0.39, 0.29) is 5.91 Å². The Morgan fingerprint density at radius 2 is 2.00 bits per heavy atom.